The van der Waals surface area contributed by atoms with Gasteiger partial charge in [0.15, 0.2) is 0 Å². The summed E-state index contributed by atoms with van der Waals surface area (Å²) in [5.74, 6) is 4.69. The summed E-state index contributed by atoms with van der Waals surface area (Å²) in [4.78, 5) is 0. The first-order chi connectivity index (χ1) is 8.56. The predicted molar refractivity (Wildman–Crippen MR) is 82.8 cm³/mol. The van der Waals surface area contributed by atoms with E-state index in [1.54, 1.807) is 0 Å². The van der Waals surface area contributed by atoms with Gasteiger partial charge >= 0.3 is 0 Å². The standard InChI is InChI=1S/C18H36/c1-6-7-10-18-11-8-9-14(2)16(4)17(5)15(3)12-13-18/h14-18H,6-13H2,1-5H3. The van der Waals surface area contributed by atoms with Crippen molar-refractivity contribution < 1.29 is 0 Å². The van der Waals surface area contributed by atoms with Crippen LogP contribution in [0.25, 0.3) is 0 Å². The molecule has 0 aromatic heterocycles. The normalized spacial score (nSPS) is 39.5. The van der Waals surface area contributed by atoms with Crippen LogP contribution in [0.2, 0.25) is 0 Å². The Morgan fingerprint density at radius 3 is 2.00 bits per heavy atom. The quantitative estimate of drug-likeness (QED) is 0.553. The Bertz CT molecular complexity index is 208. The minimum Gasteiger partial charge on any atom is -0.0654 e. The van der Waals surface area contributed by atoms with Crippen LogP contribution >= 0.6 is 0 Å². The van der Waals surface area contributed by atoms with Crippen LogP contribution in [0.3, 0.4) is 0 Å². The van der Waals surface area contributed by atoms with E-state index in [0.717, 1.165) is 29.6 Å². The molecular formula is C18H36. The molecule has 0 saturated heterocycles. The highest BCUT2D eigenvalue weighted by atomic mass is 14.3. The molecule has 0 spiro atoms. The van der Waals surface area contributed by atoms with Crippen molar-refractivity contribution in [2.45, 2.75) is 86.0 Å². The molecule has 1 aliphatic carbocycles. The van der Waals surface area contributed by atoms with Gasteiger partial charge in [0.25, 0.3) is 0 Å². The Balaban J connectivity index is 2.54. The smallest absolute Gasteiger partial charge is 0.0389 e. The van der Waals surface area contributed by atoms with Crippen LogP contribution < -0.4 is 0 Å². The Labute approximate surface area is 116 Å². The molecule has 0 bridgehead atoms. The van der Waals surface area contributed by atoms with Gasteiger partial charge < -0.3 is 0 Å². The number of unbranched alkanes of at least 4 members (excludes halogenated alkanes) is 1. The lowest BCUT2D eigenvalue weighted by Gasteiger charge is -2.33. The van der Waals surface area contributed by atoms with Gasteiger partial charge in [-0.25, -0.2) is 0 Å². The third-order valence-electron chi connectivity index (χ3n) is 5.89. The summed E-state index contributed by atoms with van der Waals surface area (Å²) in [5.41, 5.74) is 0. The molecule has 18 heavy (non-hydrogen) atoms. The van der Waals surface area contributed by atoms with Gasteiger partial charge in [-0.15, -0.1) is 0 Å². The van der Waals surface area contributed by atoms with E-state index < -0.39 is 0 Å². The first kappa shape index (κ1) is 16.1. The lowest BCUT2D eigenvalue weighted by Crippen LogP contribution is -2.24. The minimum absolute atomic E-state index is 0.907. The molecule has 108 valence electrons. The van der Waals surface area contributed by atoms with E-state index in [9.17, 15) is 0 Å². The Hall–Kier alpha value is 0. The summed E-state index contributed by atoms with van der Waals surface area (Å²) in [5, 5.41) is 0. The molecule has 0 nitrogen and oxygen atoms in total. The lowest BCUT2D eigenvalue weighted by atomic mass is 9.73. The van der Waals surface area contributed by atoms with Crippen LogP contribution in [0.5, 0.6) is 0 Å². The van der Waals surface area contributed by atoms with Gasteiger partial charge in [-0.05, 0) is 29.6 Å². The van der Waals surface area contributed by atoms with E-state index in [4.69, 9.17) is 0 Å². The third kappa shape index (κ3) is 4.94. The maximum atomic E-state index is 2.49. The minimum atomic E-state index is 0.907. The van der Waals surface area contributed by atoms with Gasteiger partial charge in [-0.1, -0.05) is 86.0 Å². The number of hydrogen-bond donors (Lipinski definition) is 0. The summed E-state index contributed by atoms with van der Waals surface area (Å²) in [6.45, 7) is 12.3. The number of hydrogen-bond acceptors (Lipinski definition) is 0. The highest BCUT2D eigenvalue weighted by molar-refractivity contribution is 4.76. The monoisotopic (exact) mass is 252 g/mol. The zero-order valence-electron chi connectivity index (χ0n) is 13.5. The molecule has 0 heterocycles. The van der Waals surface area contributed by atoms with E-state index >= 15 is 0 Å². The SMILES string of the molecule is CCCCC1CCCC(C)C(C)C(C)C(C)CC1. The lowest BCUT2D eigenvalue weighted by molar-refractivity contribution is 0.171. The van der Waals surface area contributed by atoms with Crippen molar-refractivity contribution in [2.75, 3.05) is 0 Å². The molecule has 1 aliphatic rings. The maximum absolute atomic E-state index is 2.49. The van der Waals surface area contributed by atoms with Gasteiger partial charge in [0.2, 0.25) is 0 Å². The predicted octanol–water partition coefficient (Wildman–Crippen LogP) is 6.30. The zero-order valence-corrected chi connectivity index (χ0v) is 13.5. The summed E-state index contributed by atoms with van der Waals surface area (Å²) in [7, 11) is 0. The van der Waals surface area contributed by atoms with Crippen LogP contribution in [0.1, 0.15) is 86.0 Å². The molecule has 1 saturated carbocycles. The molecular weight excluding hydrogens is 216 g/mol. The number of rotatable bonds is 3. The Morgan fingerprint density at radius 2 is 1.39 bits per heavy atom. The molecule has 0 aliphatic heterocycles. The summed E-state index contributed by atoms with van der Waals surface area (Å²) in [6, 6.07) is 0. The molecule has 5 atom stereocenters. The van der Waals surface area contributed by atoms with E-state index in [1.165, 1.54) is 51.4 Å². The Kier molecular flexibility index (Phi) is 7.34. The van der Waals surface area contributed by atoms with E-state index in [2.05, 4.69) is 34.6 Å². The topological polar surface area (TPSA) is 0 Å². The van der Waals surface area contributed by atoms with Crippen LogP contribution in [-0.4, -0.2) is 0 Å². The van der Waals surface area contributed by atoms with Crippen molar-refractivity contribution in [1.82, 2.24) is 0 Å². The average Bonchev–Trinajstić information content (AvgIpc) is 2.37. The van der Waals surface area contributed by atoms with Crippen molar-refractivity contribution in [2.24, 2.45) is 29.6 Å². The third-order valence-corrected chi connectivity index (χ3v) is 5.89. The molecule has 0 aromatic carbocycles. The van der Waals surface area contributed by atoms with Crippen LogP contribution in [-0.2, 0) is 0 Å². The van der Waals surface area contributed by atoms with Crippen LogP contribution in [0.4, 0.5) is 0 Å². The van der Waals surface area contributed by atoms with Crippen LogP contribution in [0, 0.1) is 29.6 Å². The van der Waals surface area contributed by atoms with Gasteiger partial charge in [0.05, 0.1) is 0 Å². The fourth-order valence-corrected chi connectivity index (χ4v) is 3.72. The van der Waals surface area contributed by atoms with Crippen molar-refractivity contribution in [3.63, 3.8) is 0 Å². The van der Waals surface area contributed by atoms with Gasteiger partial charge in [0.1, 0.15) is 0 Å². The van der Waals surface area contributed by atoms with Gasteiger partial charge in [0, 0.05) is 0 Å². The van der Waals surface area contributed by atoms with E-state index in [1.807, 2.05) is 0 Å². The summed E-state index contributed by atoms with van der Waals surface area (Å²) < 4.78 is 0. The molecule has 0 N–H and O–H groups in total. The largest absolute Gasteiger partial charge is 0.0654 e. The fraction of sp³-hybridized carbons (Fsp3) is 1.00. The first-order valence-electron chi connectivity index (χ1n) is 8.56. The average molecular weight is 252 g/mol. The van der Waals surface area contributed by atoms with Crippen molar-refractivity contribution in [3.8, 4) is 0 Å². The first-order valence-corrected chi connectivity index (χ1v) is 8.56. The van der Waals surface area contributed by atoms with Crippen LogP contribution in [0.15, 0.2) is 0 Å². The molecule has 0 radical (unpaired) electrons. The molecule has 1 rings (SSSR count). The van der Waals surface area contributed by atoms with Crippen molar-refractivity contribution in [1.29, 1.82) is 0 Å². The maximum Gasteiger partial charge on any atom is -0.0389 e. The van der Waals surface area contributed by atoms with E-state index in [0.29, 0.717) is 0 Å². The fourth-order valence-electron chi connectivity index (χ4n) is 3.72. The molecule has 0 amide bonds. The summed E-state index contributed by atoms with van der Waals surface area (Å²) in [6.07, 6.45) is 11.7. The second-order valence-electron chi connectivity index (χ2n) is 7.19. The van der Waals surface area contributed by atoms with Crippen molar-refractivity contribution >= 4 is 0 Å². The Morgan fingerprint density at radius 1 is 0.778 bits per heavy atom. The molecule has 5 unspecified atom stereocenters. The van der Waals surface area contributed by atoms with E-state index in [-0.39, 0.29) is 0 Å². The highest BCUT2D eigenvalue weighted by Crippen LogP contribution is 2.36. The molecule has 1 fully saturated rings. The van der Waals surface area contributed by atoms with Gasteiger partial charge in [-0.2, -0.15) is 0 Å². The second-order valence-corrected chi connectivity index (χ2v) is 7.19. The molecule has 0 aromatic rings. The molecule has 0 heteroatoms. The van der Waals surface area contributed by atoms with Crippen molar-refractivity contribution in [3.05, 3.63) is 0 Å². The summed E-state index contributed by atoms with van der Waals surface area (Å²) >= 11 is 0. The zero-order chi connectivity index (χ0) is 13.5. The highest BCUT2D eigenvalue weighted by Gasteiger charge is 2.25. The second kappa shape index (κ2) is 8.23. The van der Waals surface area contributed by atoms with Gasteiger partial charge in [-0.3, -0.25) is 0 Å².